The molecule has 0 aromatic heterocycles. The summed E-state index contributed by atoms with van der Waals surface area (Å²) in [5, 5.41) is 10.4. The van der Waals surface area contributed by atoms with Crippen molar-refractivity contribution in [1.29, 1.82) is 0 Å². The lowest BCUT2D eigenvalue weighted by Gasteiger charge is -2.35. The van der Waals surface area contributed by atoms with Crippen molar-refractivity contribution in [3.8, 4) is 0 Å². The molecule has 0 heterocycles. The first-order valence-corrected chi connectivity index (χ1v) is 6.04. The van der Waals surface area contributed by atoms with Gasteiger partial charge < -0.3 is 9.84 Å². The van der Waals surface area contributed by atoms with Gasteiger partial charge in [0.25, 0.3) is 0 Å². The number of carbonyl (C=O) groups excluding carboxylic acids is 1. The van der Waals surface area contributed by atoms with Gasteiger partial charge in [0, 0.05) is 0 Å². The zero-order chi connectivity index (χ0) is 11.3. The molecule has 1 aliphatic carbocycles. The van der Waals surface area contributed by atoms with Crippen LogP contribution in [-0.4, -0.2) is 23.3 Å². The Labute approximate surface area is 91.8 Å². The third-order valence-electron chi connectivity index (χ3n) is 3.45. The monoisotopic (exact) mass is 214 g/mol. The van der Waals surface area contributed by atoms with Crippen molar-refractivity contribution >= 4 is 5.97 Å². The molecule has 0 unspecified atom stereocenters. The molecule has 1 aliphatic rings. The van der Waals surface area contributed by atoms with Crippen LogP contribution in [0.15, 0.2) is 0 Å². The van der Waals surface area contributed by atoms with Gasteiger partial charge in [0.1, 0.15) is 0 Å². The molecule has 0 radical (unpaired) electrons. The molecule has 1 rings (SSSR count). The van der Waals surface area contributed by atoms with Gasteiger partial charge in [-0.3, -0.25) is 0 Å². The summed E-state index contributed by atoms with van der Waals surface area (Å²) in [6.07, 6.45) is 5.81. The Hall–Kier alpha value is -0.570. The minimum absolute atomic E-state index is 0.0929. The summed E-state index contributed by atoms with van der Waals surface area (Å²) in [5.74, 6) is -0.338. The van der Waals surface area contributed by atoms with Crippen molar-refractivity contribution in [3.05, 3.63) is 0 Å². The van der Waals surface area contributed by atoms with E-state index in [-0.39, 0.29) is 5.92 Å². The summed E-state index contributed by atoms with van der Waals surface area (Å²) in [6, 6.07) is 0. The molecular weight excluding hydrogens is 192 g/mol. The van der Waals surface area contributed by atoms with Gasteiger partial charge in [0.2, 0.25) is 0 Å². The molecule has 3 nitrogen and oxygen atoms in total. The van der Waals surface area contributed by atoms with Crippen LogP contribution in [0.4, 0.5) is 0 Å². The van der Waals surface area contributed by atoms with Crippen molar-refractivity contribution in [2.75, 3.05) is 6.61 Å². The average molecular weight is 214 g/mol. The summed E-state index contributed by atoms with van der Waals surface area (Å²) in [4.78, 5) is 11.7. The minimum atomic E-state index is -1.24. The van der Waals surface area contributed by atoms with Crippen LogP contribution < -0.4 is 0 Å². The van der Waals surface area contributed by atoms with E-state index >= 15 is 0 Å². The van der Waals surface area contributed by atoms with Gasteiger partial charge in [-0.15, -0.1) is 0 Å². The lowest BCUT2D eigenvalue weighted by molar-refractivity contribution is -0.173. The highest BCUT2D eigenvalue weighted by atomic mass is 16.5. The second kappa shape index (κ2) is 5.50. The molecule has 0 aromatic rings. The van der Waals surface area contributed by atoms with Gasteiger partial charge in [-0.1, -0.05) is 26.2 Å². The number of hydrogen-bond donors (Lipinski definition) is 1. The summed E-state index contributed by atoms with van der Waals surface area (Å²) in [5.41, 5.74) is -1.24. The van der Waals surface area contributed by atoms with Gasteiger partial charge in [-0.2, -0.15) is 0 Å². The van der Waals surface area contributed by atoms with E-state index in [2.05, 4.69) is 0 Å². The molecule has 15 heavy (non-hydrogen) atoms. The quantitative estimate of drug-likeness (QED) is 0.730. The topological polar surface area (TPSA) is 46.5 Å². The summed E-state index contributed by atoms with van der Waals surface area (Å²) in [6.45, 7) is 3.97. The predicted molar refractivity (Wildman–Crippen MR) is 58.4 cm³/mol. The highest BCUT2D eigenvalue weighted by molar-refractivity contribution is 5.79. The van der Waals surface area contributed by atoms with Crippen molar-refractivity contribution in [1.82, 2.24) is 0 Å². The molecule has 0 aromatic carbocycles. The zero-order valence-electron chi connectivity index (χ0n) is 9.79. The van der Waals surface area contributed by atoms with E-state index in [1.54, 1.807) is 6.92 Å². The van der Waals surface area contributed by atoms with Crippen molar-refractivity contribution in [2.24, 2.45) is 5.92 Å². The molecule has 0 bridgehead atoms. The Kier molecular flexibility index (Phi) is 4.58. The third kappa shape index (κ3) is 2.71. The first-order chi connectivity index (χ1) is 7.15. The molecule has 0 spiro atoms. The van der Waals surface area contributed by atoms with Gasteiger partial charge in [0.05, 0.1) is 6.61 Å². The van der Waals surface area contributed by atoms with Gasteiger partial charge in [0.15, 0.2) is 5.60 Å². The molecule has 0 aliphatic heterocycles. The van der Waals surface area contributed by atoms with E-state index in [1.165, 1.54) is 6.42 Å². The summed E-state index contributed by atoms with van der Waals surface area (Å²) < 4.78 is 4.96. The van der Waals surface area contributed by atoms with Crippen molar-refractivity contribution < 1.29 is 14.6 Å². The average Bonchev–Trinajstić information content (AvgIpc) is 2.29. The molecule has 1 N–H and O–H groups in total. The van der Waals surface area contributed by atoms with E-state index in [4.69, 9.17) is 4.74 Å². The Morgan fingerprint density at radius 3 is 2.40 bits per heavy atom. The van der Waals surface area contributed by atoms with Crippen LogP contribution >= 0.6 is 0 Å². The molecule has 88 valence electrons. The van der Waals surface area contributed by atoms with Crippen LogP contribution in [0.25, 0.3) is 0 Å². The Bertz CT molecular complexity index is 209. The maximum absolute atomic E-state index is 11.7. The fourth-order valence-corrected chi connectivity index (χ4v) is 2.44. The molecule has 1 atom stereocenters. The van der Waals surface area contributed by atoms with Crippen LogP contribution in [0.5, 0.6) is 0 Å². The first-order valence-electron chi connectivity index (χ1n) is 6.04. The lowest BCUT2D eigenvalue weighted by atomic mass is 9.75. The maximum atomic E-state index is 11.7. The molecule has 0 saturated heterocycles. The van der Waals surface area contributed by atoms with Crippen molar-refractivity contribution in [3.63, 3.8) is 0 Å². The van der Waals surface area contributed by atoms with E-state index in [0.29, 0.717) is 13.0 Å². The summed E-state index contributed by atoms with van der Waals surface area (Å²) in [7, 11) is 0. The Balaban J connectivity index is 2.68. The maximum Gasteiger partial charge on any atom is 0.338 e. The van der Waals surface area contributed by atoms with Crippen LogP contribution in [-0.2, 0) is 9.53 Å². The first kappa shape index (κ1) is 12.5. The molecule has 0 amide bonds. The second-order valence-electron chi connectivity index (χ2n) is 4.33. The number of carbonyl (C=O) groups is 1. The fourth-order valence-electron chi connectivity index (χ4n) is 2.44. The Morgan fingerprint density at radius 1 is 1.33 bits per heavy atom. The standard InChI is InChI=1S/C12H22O3/c1-3-12(14,11(13)15-4-2)10-8-6-5-7-9-10/h10,14H,3-9H2,1-2H3/t12-/m1/s1. The van der Waals surface area contributed by atoms with E-state index in [9.17, 15) is 9.90 Å². The fraction of sp³-hybridized carbons (Fsp3) is 0.917. The Morgan fingerprint density at radius 2 is 1.93 bits per heavy atom. The normalized spacial score (nSPS) is 22.1. The minimum Gasteiger partial charge on any atom is -0.464 e. The SMILES string of the molecule is CCOC(=O)[C@@](O)(CC)C1CCCCC1. The van der Waals surface area contributed by atoms with E-state index < -0.39 is 11.6 Å². The molecular formula is C12H22O3. The predicted octanol–water partition coefficient (Wildman–Crippen LogP) is 2.27. The molecule has 3 heteroatoms. The smallest absolute Gasteiger partial charge is 0.338 e. The van der Waals surface area contributed by atoms with Gasteiger partial charge in [-0.05, 0) is 32.1 Å². The lowest BCUT2D eigenvalue weighted by Crippen LogP contribution is -2.47. The van der Waals surface area contributed by atoms with Gasteiger partial charge in [-0.25, -0.2) is 4.79 Å². The zero-order valence-corrected chi connectivity index (χ0v) is 9.79. The van der Waals surface area contributed by atoms with Crippen molar-refractivity contribution in [2.45, 2.75) is 58.0 Å². The number of aliphatic hydroxyl groups is 1. The number of ether oxygens (including phenoxy) is 1. The molecule has 1 fully saturated rings. The summed E-state index contributed by atoms with van der Waals surface area (Å²) >= 11 is 0. The third-order valence-corrected chi connectivity index (χ3v) is 3.45. The van der Waals surface area contributed by atoms with Crippen LogP contribution in [0, 0.1) is 5.92 Å². The largest absolute Gasteiger partial charge is 0.464 e. The highest BCUT2D eigenvalue weighted by Gasteiger charge is 2.43. The van der Waals surface area contributed by atoms with Crippen LogP contribution in [0.3, 0.4) is 0 Å². The van der Waals surface area contributed by atoms with E-state index in [0.717, 1.165) is 25.7 Å². The van der Waals surface area contributed by atoms with Crippen LogP contribution in [0.1, 0.15) is 52.4 Å². The number of rotatable bonds is 4. The van der Waals surface area contributed by atoms with Gasteiger partial charge >= 0.3 is 5.97 Å². The highest BCUT2D eigenvalue weighted by Crippen LogP contribution is 2.35. The second-order valence-corrected chi connectivity index (χ2v) is 4.33. The van der Waals surface area contributed by atoms with E-state index in [1.807, 2.05) is 6.92 Å². The number of hydrogen-bond acceptors (Lipinski definition) is 3. The molecule has 1 saturated carbocycles. The van der Waals surface area contributed by atoms with Crippen LogP contribution in [0.2, 0.25) is 0 Å². The number of esters is 1.